The van der Waals surface area contributed by atoms with Gasteiger partial charge in [-0.15, -0.1) is 0 Å². The second-order valence-electron chi connectivity index (χ2n) is 8.84. The minimum atomic E-state index is -0.155. The van der Waals surface area contributed by atoms with Crippen molar-refractivity contribution in [3.8, 4) is 11.5 Å². The van der Waals surface area contributed by atoms with Gasteiger partial charge in [0.2, 0.25) is 11.9 Å². The molecule has 0 aliphatic heterocycles. The Labute approximate surface area is 229 Å². The second-order valence-corrected chi connectivity index (χ2v) is 9.28. The van der Waals surface area contributed by atoms with Crippen LogP contribution < -0.4 is 20.3 Å². The molecule has 3 aromatic rings. The van der Waals surface area contributed by atoms with Crippen LogP contribution in [-0.2, 0) is 22.8 Å². The van der Waals surface area contributed by atoms with Gasteiger partial charge in [0, 0.05) is 29.7 Å². The molecule has 38 heavy (non-hydrogen) atoms. The summed E-state index contributed by atoms with van der Waals surface area (Å²) in [6, 6.07) is 22.9. The Kier molecular flexibility index (Phi) is 11.3. The molecule has 0 aliphatic carbocycles. The topological polar surface area (TPSA) is 84.4 Å². The maximum atomic E-state index is 13.0. The molecule has 1 amide bonds. The Hall–Kier alpha value is -3.75. The standard InChI is InChI=1S/C29H35ClN4O4/c1-21(2)28(35)34(17-16-31-29(33-37-4)32-25-13-11-24(30)12-14-25)19-23-10-15-26(27(18-23)36-3)38-20-22-8-6-5-7-9-22/h5-15,18,21H,16-17,19-20H2,1-4H3,(H2,31,32,33). The summed E-state index contributed by atoms with van der Waals surface area (Å²) in [6.45, 7) is 5.41. The summed E-state index contributed by atoms with van der Waals surface area (Å²) < 4.78 is 11.6. The number of methoxy groups -OCH3 is 1. The number of guanidine groups is 1. The number of rotatable bonds is 12. The van der Waals surface area contributed by atoms with Crippen molar-refractivity contribution in [2.75, 3.05) is 32.6 Å². The summed E-state index contributed by atoms with van der Waals surface area (Å²) in [5, 5.41) is 3.79. The highest BCUT2D eigenvalue weighted by Gasteiger charge is 2.18. The van der Waals surface area contributed by atoms with Gasteiger partial charge in [-0.25, -0.2) is 10.5 Å². The molecule has 0 bridgehead atoms. The van der Waals surface area contributed by atoms with E-state index in [0.29, 0.717) is 48.7 Å². The van der Waals surface area contributed by atoms with Crippen LogP contribution in [0.3, 0.4) is 0 Å². The third kappa shape index (κ3) is 8.97. The van der Waals surface area contributed by atoms with Crippen molar-refractivity contribution >= 4 is 29.2 Å². The minimum Gasteiger partial charge on any atom is -0.493 e. The Morgan fingerprint density at radius 3 is 2.37 bits per heavy atom. The summed E-state index contributed by atoms with van der Waals surface area (Å²) >= 11 is 5.97. The molecule has 3 rings (SSSR count). The van der Waals surface area contributed by atoms with Gasteiger partial charge in [-0.1, -0.05) is 61.8 Å². The quantitative estimate of drug-likeness (QED) is 0.179. The lowest BCUT2D eigenvalue weighted by Gasteiger charge is -2.25. The molecule has 0 aliphatic rings. The normalized spacial score (nSPS) is 11.3. The van der Waals surface area contributed by atoms with Crippen LogP contribution in [0, 0.1) is 5.92 Å². The fraction of sp³-hybridized carbons (Fsp3) is 0.310. The largest absolute Gasteiger partial charge is 0.493 e. The number of anilines is 1. The molecule has 0 saturated heterocycles. The lowest BCUT2D eigenvalue weighted by molar-refractivity contribution is -0.134. The molecule has 2 N–H and O–H groups in total. The highest BCUT2D eigenvalue weighted by molar-refractivity contribution is 6.30. The van der Waals surface area contributed by atoms with Crippen LogP contribution in [0.4, 0.5) is 5.69 Å². The van der Waals surface area contributed by atoms with Crippen LogP contribution in [0.1, 0.15) is 25.0 Å². The van der Waals surface area contributed by atoms with Crippen molar-refractivity contribution in [3.63, 3.8) is 0 Å². The fourth-order valence-corrected chi connectivity index (χ4v) is 3.79. The maximum Gasteiger partial charge on any atom is 0.225 e. The summed E-state index contributed by atoms with van der Waals surface area (Å²) in [7, 11) is 3.12. The van der Waals surface area contributed by atoms with Gasteiger partial charge in [-0.2, -0.15) is 0 Å². The predicted molar refractivity (Wildman–Crippen MR) is 152 cm³/mol. The number of aliphatic imine (C=N–C) groups is 1. The van der Waals surface area contributed by atoms with Crippen molar-refractivity contribution in [2.45, 2.75) is 27.0 Å². The van der Waals surface area contributed by atoms with Crippen LogP contribution in [0.5, 0.6) is 11.5 Å². The number of hydroxylamine groups is 1. The average Bonchev–Trinajstić information content (AvgIpc) is 2.93. The Bertz CT molecular complexity index is 1190. The van der Waals surface area contributed by atoms with Crippen LogP contribution in [0.15, 0.2) is 77.8 Å². The van der Waals surface area contributed by atoms with Gasteiger partial charge in [0.05, 0.1) is 20.8 Å². The maximum absolute atomic E-state index is 13.0. The van der Waals surface area contributed by atoms with Crippen LogP contribution in [-0.4, -0.2) is 44.1 Å². The van der Waals surface area contributed by atoms with E-state index >= 15 is 0 Å². The number of hydrogen-bond donors (Lipinski definition) is 2. The molecule has 8 nitrogen and oxygen atoms in total. The summed E-state index contributed by atoms with van der Waals surface area (Å²) in [4.78, 5) is 24.4. The number of hydrogen-bond acceptors (Lipinski definition) is 5. The van der Waals surface area contributed by atoms with Crippen LogP contribution in [0.2, 0.25) is 5.02 Å². The van der Waals surface area contributed by atoms with E-state index in [9.17, 15) is 4.79 Å². The van der Waals surface area contributed by atoms with E-state index < -0.39 is 0 Å². The predicted octanol–water partition coefficient (Wildman–Crippen LogP) is 5.53. The number of nitrogens with one attached hydrogen (secondary N) is 2. The van der Waals surface area contributed by atoms with Crippen LogP contribution in [0.25, 0.3) is 0 Å². The van der Waals surface area contributed by atoms with Crippen molar-refractivity contribution in [1.82, 2.24) is 10.4 Å². The molecule has 0 radical (unpaired) electrons. The zero-order valence-corrected chi connectivity index (χ0v) is 23.0. The molecule has 202 valence electrons. The van der Waals surface area contributed by atoms with Gasteiger partial charge in [-0.05, 0) is 47.5 Å². The summed E-state index contributed by atoms with van der Waals surface area (Å²) in [5.74, 6) is 1.57. The monoisotopic (exact) mass is 538 g/mol. The molecular formula is C29H35ClN4O4. The first-order valence-corrected chi connectivity index (χ1v) is 12.8. The Balaban J connectivity index is 1.68. The van der Waals surface area contributed by atoms with E-state index in [0.717, 1.165) is 16.8 Å². The molecule has 0 saturated carbocycles. The number of nitrogens with zero attached hydrogens (tertiary/aromatic N) is 2. The third-order valence-corrected chi connectivity index (χ3v) is 5.84. The van der Waals surface area contributed by atoms with Crippen molar-refractivity contribution in [1.29, 1.82) is 0 Å². The Morgan fingerprint density at radius 1 is 0.974 bits per heavy atom. The molecule has 0 unspecified atom stereocenters. The van der Waals surface area contributed by atoms with Gasteiger partial charge in [0.25, 0.3) is 0 Å². The molecule has 0 aromatic heterocycles. The van der Waals surface area contributed by atoms with Gasteiger partial charge >= 0.3 is 0 Å². The second kappa shape index (κ2) is 14.9. The number of carbonyl (C=O) groups is 1. The number of ether oxygens (including phenoxy) is 2. The number of benzene rings is 3. The first-order chi connectivity index (χ1) is 18.4. The minimum absolute atomic E-state index is 0.0375. The number of carbonyl (C=O) groups excluding carboxylic acids is 1. The van der Waals surface area contributed by atoms with E-state index in [1.807, 2.05) is 74.5 Å². The van der Waals surface area contributed by atoms with E-state index in [1.165, 1.54) is 7.11 Å². The van der Waals surface area contributed by atoms with Crippen LogP contribution >= 0.6 is 11.6 Å². The Morgan fingerprint density at radius 2 is 1.71 bits per heavy atom. The van der Waals surface area contributed by atoms with E-state index in [2.05, 4.69) is 15.8 Å². The molecule has 0 heterocycles. The average molecular weight is 539 g/mol. The lowest BCUT2D eigenvalue weighted by atomic mass is 10.1. The molecule has 0 fully saturated rings. The van der Waals surface area contributed by atoms with Crippen molar-refractivity contribution in [3.05, 3.63) is 88.9 Å². The third-order valence-electron chi connectivity index (χ3n) is 5.59. The van der Waals surface area contributed by atoms with E-state index in [-0.39, 0.29) is 11.8 Å². The van der Waals surface area contributed by atoms with Crippen molar-refractivity contribution < 1.29 is 19.1 Å². The van der Waals surface area contributed by atoms with Gasteiger partial charge < -0.3 is 19.7 Å². The molecule has 0 spiro atoms. The zero-order valence-electron chi connectivity index (χ0n) is 22.2. The van der Waals surface area contributed by atoms with E-state index in [4.69, 9.17) is 25.9 Å². The highest BCUT2D eigenvalue weighted by atomic mass is 35.5. The first-order valence-electron chi connectivity index (χ1n) is 12.4. The molecule has 0 atom stereocenters. The van der Waals surface area contributed by atoms with Gasteiger partial charge in [-0.3, -0.25) is 9.63 Å². The zero-order chi connectivity index (χ0) is 27.3. The van der Waals surface area contributed by atoms with Gasteiger partial charge in [0.15, 0.2) is 11.5 Å². The van der Waals surface area contributed by atoms with Gasteiger partial charge in [0.1, 0.15) is 6.61 Å². The smallest absolute Gasteiger partial charge is 0.225 e. The lowest BCUT2D eigenvalue weighted by Crippen LogP contribution is -2.36. The molecular weight excluding hydrogens is 504 g/mol. The SMILES string of the molecule is CONC(=NCCN(Cc1ccc(OCc2ccccc2)c(OC)c1)C(=O)C(C)C)Nc1ccc(Cl)cc1. The number of halogens is 1. The van der Waals surface area contributed by atoms with E-state index in [1.54, 1.807) is 24.1 Å². The fourth-order valence-electron chi connectivity index (χ4n) is 3.66. The summed E-state index contributed by atoms with van der Waals surface area (Å²) in [6.07, 6.45) is 0. The number of amides is 1. The molecule has 9 heteroatoms. The highest BCUT2D eigenvalue weighted by Crippen LogP contribution is 2.29. The summed E-state index contributed by atoms with van der Waals surface area (Å²) in [5.41, 5.74) is 5.54. The molecule has 3 aromatic carbocycles. The first kappa shape index (κ1) is 28.8. The van der Waals surface area contributed by atoms with Crippen molar-refractivity contribution in [2.24, 2.45) is 10.9 Å².